The van der Waals surface area contributed by atoms with Crippen molar-refractivity contribution in [1.29, 1.82) is 0 Å². The Morgan fingerprint density at radius 3 is 2.74 bits per heavy atom. The number of aromatic hydroxyl groups is 1. The highest BCUT2D eigenvalue weighted by molar-refractivity contribution is 6.19. The van der Waals surface area contributed by atoms with Crippen LogP contribution in [-0.2, 0) is 0 Å². The number of phenolic OH excluding ortho intramolecular Hbond substituents is 1. The molecule has 0 saturated heterocycles. The molecule has 0 bridgehead atoms. The van der Waals surface area contributed by atoms with E-state index < -0.39 is 0 Å². The quantitative estimate of drug-likeness (QED) is 0.280. The average molecular weight is 472 g/mol. The molecular weight excluding hydrogens is 450 g/mol. The molecule has 0 saturated carbocycles. The van der Waals surface area contributed by atoms with E-state index in [0.717, 1.165) is 49.9 Å². The number of amides is 1. The van der Waals surface area contributed by atoms with Crippen molar-refractivity contribution in [3.05, 3.63) is 78.1 Å². The summed E-state index contributed by atoms with van der Waals surface area (Å²) >= 11 is 6.39. The fourth-order valence-electron chi connectivity index (χ4n) is 4.99. The molecule has 6 rings (SSSR count). The second kappa shape index (κ2) is 7.85. The van der Waals surface area contributed by atoms with Gasteiger partial charge < -0.3 is 24.7 Å². The Labute approximate surface area is 200 Å². The number of aromatic nitrogens is 2. The molecule has 3 aromatic carbocycles. The van der Waals surface area contributed by atoms with E-state index in [-0.39, 0.29) is 17.6 Å². The van der Waals surface area contributed by atoms with Crippen molar-refractivity contribution < 1.29 is 14.6 Å². The van der Waals surface area contributed by atoms with Gasteiger partial charge in [0.15, 0.2) is 0 Å². The molecular formula is C27H22ClN3O3. The van der Waals surface area contributed by atoms with Crippen LogP contribution in [0, 0.1) is 0 Å². The van der Waals surface area contributed by atoms with Crippen LogP contribution in [0.5, 0.6) is 11.5 Å². The predicted molar refractivity (Wildman–Crippen MR) is 135 cm³/mol. The van der Waals surface area contributed by atoms with Crippen LogP contribution < -0.4 is 9.64 Å². The molecule has 0 aliphatic carbocycles. The molecule has 6 nitrogen and oxygen atoms in total. The number of hydrogen-bond acceptors (Lipinski definition) is 3. The molecule has 1 aliphatic rings. The van der Waals surface area contributed by atoms with Crippen molar-refractivity contribution >= 4 is 45.0 Å². The number of hydrogen-bond donors (Lipinski definition) is 3. The van der Waals surface area contributed by atoms with Gasteiger partial charge in [0.1, 0.15) is 17.2 Å². The second-order valence-electron chi connectivity index (χ2n) is 8.57. The SMILES string of the molecule is COc1ccc2[nH]c(C(=O)N3CC(CCl)c4c3cc(-c3ccc(O)cc3)c3[nH]ccc43)cc2c1. The molecule has 0 fully saturated rings. The summed E-state index contributed by atoms with van der Waals surface area (Å²) in [5, 5.41) is 11.7. The first kappa shape index (κ1) is 20.7. The van der Waals surface area contributed by atoms with Crippen LogP contribution in [0.3, 0.4) is 0 Å². The number of anilines is 1. The summed E-state index contributed by atoms with van der Waals surface area (Å²) in [7, 11) is 1.63. The number of phenols is 1. The van der Waals surface area contributed by atoms with E-state index in [4.69, 9.17) is 16.3 Å². The van der Waals surface area contributed by atoms with E-state index in [1.54, 1.807) is 19.2 Å². The smallest absolute Gasteiger partial charge is 0.274 e. The molecule has 2 aromatic heterocycles. The van der Waals surface area contributed by atoms with E-state index in [1.807, 2.05) is 53.6 Å². The molecule has 3 N–H and O–H groups in total. The number of methoxy groups -OCH3 is 1. The highest BCUT2D eigenvalue weighted by Gasteiger charge is 2.35. The van der Waals surface area contributed by atoms with Gasteiger partial charge >= 0.3 is 0 Å². The standard InChI is InChI=1S/C27H22ClN3O3/c1-34-19-6-7-22-16(10-19)11-23(30-22)27(33)31-14-17(13-28)25-20-8-9-29-26(20)21(12-24(25)31)15-2-4-18(32)5-3-15/h2-12,17,29-30,32H,13-14H2,1H3. The van der Waals surface area contributed by atoms with Gasteiger partial charge in [-0.25, -0.2) is 0 Å². The van der Waals surface area contributed by atoms with Crippen LogP contribution >= 0.6 is 11.6 Å². The minimum absolute atomic E-state index is 0.0252. The number of carbonyl (C=O) groups is 1. The maximum atomic E-state index is 13.7. The lowest BCUT2D eigenvalue weighted by Crippen LogP contribution is -2.30. The number of rotatable bonds is 4. The Balaban J connectivity index is 1.49. The maximum Gasteiger partial charge on any atom is 0.274 e. The summed E-state index contributed by atoms with van der Waals surface area (Å²) < 4.78 is 5.32. The number of carbonyl (C=O) groups excluding carboxylic acids is 1. The lowest BCUT2D eigenvalue weighted by atomic mass is 9.94. The van der Waals surface area contributed by atoms with Crippen molar-refractivity contribution in [3.63, 3.8) is 0 Å². The van der Waals surface area contributed by atoms with Crippen molar-refractivity contribution in [2.75, 3.05) is 24.4 Å². The lowest BCUT2D eigenvalue weighted by molar-refractivity contribution is 0.0984. The van der Waals surface area contributed by atoms with Crippen LogP contribution in [0.4, 0.5) is 5.69 Å². The van der Waals surface area contributed by atoms with Crippen molar-refractivity contribution in [2.45, 2.75) is 5.92 Å². The topological polar surface area (TPSA) is 81.3 Å². The number of halogens is 1. The van der Waals surface area contributed by atoms with Gasteiger partial charge in [0.05, 0.1) is 12.6 Å². The van der Waals surface area contributed by atoms with E-state index in [0.29, 0.717) is 18.1 Å². The van der Waals surface area contributed by atoms with Crippen LogP contribution in [0.2, 0.25) is 0 Å². The van der Waals surface area contributed by atoms with Gasteiger partial charge in [0.2, 0.25) is 0 Å². The van der Waals surface area contributed by atoms with Crippen LogP contribution in [0.25, 0.3) is 32.9 Å². The van der Waals surface area contributed by atoms with Gasteiger partial charge in [-0.2, -0.15) is 0 Å². The third kappa shape index (κ3) is 3.14. The number of benzene rings is 3. The number of aromatic amines is 2. The third-order valence-corrected chi connectivity index (χ3v) is 7.01. The van der Waals surface area contributed by atoms with Gasteiger partial charge in [-0.05, 0) is 59.7 Å². The summed E-state index contributed by atoms with van der Waals surface area (Å²) in [6, 6.07) is 18.7. The predicted octanol–water partition coefficient (Wildman–Crippen LogP) is 6.01. The number of fused-ring (bicyclic) bond motifs is 4. The zero-order valence-electron chi connectivity index (χ0n) is 18.4. The molecule has 5 aromatic rings. The lowest BCUT2D eigenvalue weighted by Gasteiger charge is -2.18. The highest BCUT2D eigenvalue weighted by atomic mass is 35.5. The summed E-state index contributed by atoms with van der Waals surface area (Å²) in [6.07, 6.45) is 1.91. The van der Waals surface area contributed by atoms with Gasteiger partial charge in [-0.3, -0.25) is 4.79 Å². The number of H-pyrrole nitrogens is 2. The Bertz CT molecular complexity index is 1550. The Morgan fingerprint density at radius 2 is 1.97 bits per heavy atom. The summed E-state index contributed by atoms with van der Waals surface area (Å²) in [4.78, 5) is 22.2. The van der Waals surface area contributed by atoms with Crippen molar-refractivity contribution in [1.82, 2.24) is 9.97 Å². The highest BCUT2D eigenvalue weighted by Crippen LogP contribution is 2.46. The number of alkyl halides is 1. The van der Waals surface area contributed by atoms with E-state index >= 15 is 0 Å². The average Bonchev–Trinajstić information content (AvgIpc) is 3.59. The van der Waals surface area contributed by atoms with E-state index in [2.05, 4.69) is 16.0 Å². The summed E-state index contributed by atoms with van der Waals surface area (Å²) in [6.45, 7) is 0.510. The fraction of sp³-hybridized carbons (Fsp3) is 0.148. The van der Waals surface area contributed by atoms with Crippen molar-refractivity contribution in [2.24, 2.45) is 0 Å². The molecule has 1 amide bonds. The Hall–Kier alpha value is -3.90. The van der Waals surface area contributed by atoms with Gasteiger partial charge in [-0.1, -0.05) is 12.1 Å². The van der Waals surface area contributed by atoms with Crippen LogP contribution in [0.1, 0.15) is 22.0 Å². The molecule has 7 heteroatoms. The normalized spacial score (nSPS) is 15.2. The minimum atomic E-state index is -0.101. The fourth-order valence-corrected chi connectivity index (χ4v) is 5.24. The third-order valence-electron chi connectivity index (χ3n) is 6.63. The largest absolute Gasteiger partial charge is 0.508 e. The second-order valence-corrected chi connectivity index (χ2v) is 8.88. The van der Waals surface area contributed by atoms with E-state index in [1.165, 1.54) is 0 Å². The summed E-state index contributed by atoms with van der Waals surface area (Å²) in [5.41, 5.74) is 6.25. The number of nitrogens with zero attached hydrogens (tertiary/aromatic N) is 1. The zero-order valence-corrected chi connectivity index (χ0v) is 19.2. The molecule has 0 radical (unpaired) electrons. The molecule has 170 valence electrons. The van der Waals surface area contributed by atoms with Gasteiger partial charge in [0, 0.05) is 52.1 Å². The molecule has 1 unspecified atom stereocenters. The molecule has 0 spiro atoms. The first-order valence-corrected chi connectivity index (χ1v) is 11.6. The minimum Gasteiger partial charge on any atom is -0.508 e. The maximum absolute atomic E-state index is 13.7. The van der Waals surface area contributed by atoms with Crippen LogP contribution in [0.15, 0.2) is 66.9 Å². The van der Waals surface area contributed by atoms with Gasteiger partial charge in [0.25, 0.3) is 5.91 Å². The Kier molecular flexibility index (Phi) is 4.78. The monoisotopic (exact) mass is 471 g/mol. The molecule has 3 heterocycles. The molecule has 1 aliphatic heterocycles. The van der Waals surface area contributed by atoms with Crippen LogP contribution in [-0.4, -0.2) is 40.5 Å². The molecule has 34 heavy (non-hydrogen) atoms. The summed E-state index contributed by atoms with van der Waals surface area (Å²) in [5.74, 6) is 1.29. The first-order chi connectivity index (χ1) is 16.6. The number of ether oxygens (including phenoxy) is 1. The first-order valence-electron chi connectivity index (χ1n) is 11.1. The number of nitrogens with one attached hydrogen (secondary N) is 2. The Morgan fingerprint density at radius 1 is 1.15 bits per heavy atom. The van der Waals surface area contributed by atoms with Crippen molar-refractivity contribution in [3.8, 4) is 22.6 Å². The zero-order chi connectivity index (χ0) is 23.4. The van der Waals surface area contributed by atoms with Gasteiger partial charge in [-0.15, -0.1) is 11.6 Å². The van der Waals surface area contributed by atoms with E-state index in [9.17, 15) is 9.90 Å². The molecule has 1 atom stereocenters.